The van der Waals surface area contributed by atoms with Crippen LogP contribution in [-0.2, 0) is 6.42 Å². The Kier molecular flexibility index (Phi) is 3.76. The standard InChI is InChI=1S/C18H14BrNO/c19-16-8-4-3-7-14(16)11-18(21)15-9-12-5-1-2-6-13(12)10-17(15)20/h1-10H,11,20H2. The molecule has 0 atom stereocenters. The first kappa shape index (κ1) is 13.8. The Morgan fingerprint density at radius 1 is 0.952 bits per heavy atom. The molecule has 0 fully saturated rings. The van der Waals surface area contributed by atoms with Crippen LogP contribution in [0.1, 0.15) is 15.9 Å². The lowest BCUT2D eigenvalue weighted by molar-refractivity contribution is 0.0994. The number of hydrogen-bond donors (Lipinski definition) is 1. The molecule has 0 radical (unpaired) electrons. The molecular formula is C18H14BrNO. The molecule has 0 spiro atoms. The van der Waals surface area contributed by atoms with Crippen molar-refractivity contribution in [2.24, 2.45) is 0 Å². The van der Waals surface area contributed by atoms with Crippen LogP contribution < -0.4 is 5.73 Å². The van der Waals surface area contributed by atoms with E-state index in [1.54, 1.807) is 0 Å². The van der Waals surface area contributed by atoms with Crippen LogP contribution in [0.25, 0.3) is 10.8 Å². The number of Topliss-reactive ketones (excluding diaryl/α,β-unsaturated/α-hetero) is 1. The normalized spacial score (nSPS) is 10.7. The van der Waals surface area contributed by atoms with E-state index in [0.29, 0.717) is 17.7 Å². The van der Waals surface area contributed by atoms with Crippen molar-refractivity contribution in [2.45, 2.75) is 6.42 Å². The Hall–Kier alpha value is -2.13. The molecule has 21 heavy (non-hydrogen) atoms. The molecule has 0 saturated heterocycles. The highest BCUT2D eigenvalue weighted by molar-refractivity contribution is 9.10. The average Bonchev–Trinajstić information content (AvgIpc) is 2.49. The van der Waals surface area contributed by atoms with Crippen LogP contribution in [0.5, 0.6) is 0 Å². The maximum absolute atomic E-state index is 12.5. The zero-order chi connectivity index (χ0) is 14.8. The highest BCUT2D eigenvalue weighted by Crippen LogP contribution is 2.24. The van der Waals surface area contributed by atoms with E-state index in [-0.39, 0.29) is 5.78 Å². The molecule has 0 aliphatic rings. The molecule has 3 heteroatoms. The predicted octanol–water partition coefficient (Wildman–Crippen LogP) is 4.61. The van der Waals surface area contributed by atoms with Crippen molar-refractivity contribution in [1.29, 1.82) is 0 Å². The molecule has 2 N–H and O–H groups in total. The lowest BCUT2D eigenvalue weighted by Crippen LogP contribution is -2.07. The maximum Gasteiger partial charge on any atom is 0.169 e. The molecule has 0 bridgehead atoms. The number of nitrogens with two attached hydrogens (primary N) is 1. The summed E-state index contributed by atoms with van der Waals surface area (Å²) in [6.45, 7) is 0. The Labute approximate surface area is 131 Å². The average molecular weight is 340 g/mol. The summed E-state index contributed by atoms with van der Waals surface area (Å²) in [6, 6.07) is 19.4. The van der Waals surface area contributed by atoms with Gasteiger partial charge in [-0.3, -0.25) is 4.79 Å². The van der Waals surface area contributed by atoms with Crippen LogP contribution in [0.2, 0.25) is 0 Å². The van der Waals surface area contributed by atoms with Crippen LogP contribution in [0.4, 0.5) is 5.69 Å². The van der Waals surface area contributed by atoms with Gasteiger partial charge in [0.2, 0.25) is 0 Å². The van der Waals surface area contributed by atoms with Crippen molar-refractivity contribution in [2.75, 3.05) is 5.73 Å². The first-order valence-corrected chi connectivity index (χ1v) is 7.49. The molecule has 2 nitrogen and oxygen atoms in total. The van der Waals surface area contributed by atoms with Crippen LogP contribution >= 0.6 is 15.9 Å². The summed E-state index contributed by atoms with van der Waals surface area (Å²) in [5.74, 6) is 0.0325. The van der Waals surface area contributed by atoms with Gasteiger partial charge >= 0.3 is 0 Å². The zero-order valence-corrected chi connectivity index (χ0v) is 12.9. The van der Waals surface area contributed by atoms with Crippen LogP contribution in [0, 0.1) is 0 Å². The number of fused-ring (bicyclic) bond motifs is 1. The minimum absolute atomic E-state index is 0.0325. The Balaban J connectivity index is 1.98. The lowest BCUT2D eigenvalue weighted by Gasteiger charge is -2.08. The second-order valence-corrected chi connectivity index (χ2v) is 5.83. The maximum atomic E-state index is 12.5. The first-order valence-electron chi connectivity index (χ1n) is 6.70. The minimum Gasteiger partial charge on any atom is -0.398 e. The number of anilines is 1. The molecule has 3 rings (SSSR count). The summed E-state index contributed by atoms with van der Waals surface area (Å²) < 4.78 is 0.942. The second kappa shape index (κ2) is 5.70. The van der Waals surface area contributed by atoms with E-state index in [2.05, 4.69) is 15.9 Å². The van der Waals surface area contributed by atoms with Crippen LogP contribution in [0.15, 0.2) is 65.1 Å². The Bertz CT molecular complexity index is 826. The van der Waals surface area contributed by atoms with Crippen molar-refractivity contribution in [3.63, 3.8) is 0 Å². The number of carbonyl (C=O) groups is 1. The SMILES string of the molecule is Nc1cc2ccccc2cc1C(=O)Cc1ccccc1Br. The number of benzene rings is 3. The molecule has 0 unspecified atom stereocenters. The van der Waals surface area contributed by atoms with Crippen LogP contribution in [0.3, 0.4) is 0 Å². The molecule has 3 aromatic carbocycles. The van der Waals surface area contributed by atoms with Gasteiger partial charge in [-0.15, -0.1) is 0 Å². The van der Waals surface area contributed by atoms with Gasteiger partial charge in [-0.05, 0) is 34.5 Å². The van der Waals surface area contributed by atoms with Crippen molar-refractivity contribution < 1.29 is 4.79 Å². The minimum atomic E-state index is 0.0325. The van der Waals surface area contributed by atoms with Gasteiger partial charge in [-0.25, -0.2) is 0 Å². The van der Waals surface area contributed by atoms with Gasteiger partial charge in [0.15, 0.2) is 5.78 Å². The molecule has 104 valence electrons. The molecule has 0 aliphatic carbocycles. The fourth-order valence-corrected chi connectivity index (χ4v) is 2.83. The molecule has 0 amide bonds. The summed E-state index contributed by atoms with van der Waals surface area (Å²) in [4.78, 5) is 12.5. The van der Waals surface area contributed by atoms with Crippen LogP contribution in [-0.4, -0.2) is 5.78 Å². The second-order valence-electron chi connectivity index (χ2n) is 4.98. The molecule has 0 aromatic heterocycles. The number of ketones is 1. The quantitative estimate of drug-likeness (QED) is 0.559. The van der Waals surface area contributed by atoms with Gasteiger partial charge in [0, 0.05) is 22.1 Å². The fraction of sp³-hybridized carbons (Fsp3) is 0.0556. The van der Waals surface area contributed by atoms with Gasteiger partial charge < -0.3 is 5.73 Å². The van der Waals surface area contributed by atoms with Gasteiger partial charge in [-0.2, -0.15) is 0 Å². The Morgan fingerprint density at radius 2 is 1.57 bits per heavy atom. The Morgan fingerprint density at radius 3 is 2.29 bits per heavy atom. The van der Waals surface area contributed by atoms with E-state index in [0.717, 1.165) is 20.8 Å². The molecular weight excluding hydrogens is 326 g/mol. The third-order valence-corrected chi connectivity index (χ3v) is 4.30. The summed E-state index contributed by atoms with van der Waals surface area (Å²) in [5, 5.41) is 2.08. The van der Waals surface area contributed by atoms with E-state index in [4.69, 9.17) is 5.73 Å². The number of rotatable bonds is 3. The largest absolute Gasteiger partial charge is 0.398 e. The van der Waals surface area contributed by atoms with Gasteiger partial charge in [-0.1, -0.05) is 58.4 Å². The number of halogens is 1. The summed E-state index contributed by atoms with van der Waals surface area (Å²) in [6.07, 6.45) is 0.337. The van der Waals surface area contributed by atoms with Crippen molar-refractivity contribution in [3.05, 3.63) is 76.3 Å². The van der Waals surface area contributed by atoms with E-state index in [1.807, 2.05) is 60.7 Å². The predicted molar refractivity (Wildman–Crippen MR) is 90.5 cm³/mol. The zero-order valence-electron chi connectivity index (χ0n) is 11.3. The fourth-order valence-electron chi connectivity index (χ4n) is 2.41. The number of carbonyl (C=O) groups excluding carboxylic acids is 1. The number of nitrogen functional groups attached to an aromatic ring is 1. The van der Waals surface area contributed by atoms with Crippen molar-refractivity contribution in [3.8, 4) is 0 Å². The number of hydrogen-bond acceptors (Lipinski definition) is 2. The first-order chi connectivity index (χ1) is 10.1. The van der Waals surface area contributed by atoms with Crippen molar-refractivity contribution >= 4 is 38.2 Å². The third kappa shape index (κ3) is 2.83. The van der Waals surface area contributed by atoms with Gasteiger partial charge in [0.25, 0.3) is 0 Å². The van der Waals surface area contributed by atoms with E-state index in [1.165, 1.54) is 0 Å². The highest BCUT2D eigenvalue weighted by Gasteiger charge is 2.13. The topological polar surface area (TPSA) is 43.1 Å². The smallest absolute Gasteiger partial charge is 0.169 e. The van der Waals surface area contributed by atoms with Crippen molar-refractivity contribution in [1.82, 2.24) is 0 Å². The third-order valence-electron chi connectivity index (χ3n) is 3.53. The molecule has 0 saturated carbocycles. The van der Waals surface area contributed by atoms with E-state index in [9.17, 15) is 4.79 Å². The molecule has 0 aliphatic heterocycles. The van der Waals surface area contributed by atoms with E-state index < -0.39 is 0 Å². The highest BCUT2D eigenvalue weighted by atomic mass is 79.9. The van der Waals surface area contributed by atoms with E-state index >= 15 is 0 Å². The monoisotopic (exact) mass is 339 g/mol. The lowest BCUT2D eigenvalue weighted by atomic mass is 9.98. The molecule has 3 aromatic rings. The summed E-state index contributed by atoms with van der Waals surface area (Å²) in [5.41, 5.74) is 8.13. The van der Waals surface area contributed by atoms with Gasteiger partial charge in [0.1, 0.15) is 0 Å². The summed E-state index contributed by atoms with van der Waals surface area (Å²) >= 11 is 3.47. The summed E-state index contributed by atoms with van der Waals surface area (Å²) in [7, 11) is 0. The molecule has 0 heterocycles. The van der Waals surface area contributed by atoms with Gasteiger partial charge in [0.05, 0.1) is 0 Å².